The third-order valence-corrected chi connectivity index (χ3v) is 2.41. The molecule has 1 aromatic carbocycles. The van der Waals surface area contributed by atoms with Crippen molar-refractivity contribution in [1.82, 2.24) is 0 Å². The average Bonchev–Trinajstić information content (AvgIpc) is 2.02. The van der Waals surface area contributed by atoms with Crippen molar-refractivity contribution in [3.05, 3.63) is 29.3 Å². The summed E-state index contributed by atoms with van der Waals surface area (Å²) in [5.74, 6) is -0.903. The minimum atomic E-state index is -1.06. The zero-order chi connectivity index (χ0) is 10.9. The van der Waals surface area contributed by atoms with Crippen molar-refractivity contribution in [2.45, 2.75) is 26.2 Å². The number of aromatic hydroxyl groups is 1. The highest BCUT2D eigenvalue weighted by Crippen LogP contribution is 2.33. The lowest BCUT2D eigenvalue weighted by molar-refractivity contribution is -0.142. The molecule has 1 aromatic rings. The van der Waals surface area contributed by atoms with Crippen molar-refractivity contribution in [2.24, 2.45) is 0 Å². The molecule has 1 rings (SSSR count). The van der Waals surface area contributed by atoms with Crippen molar-refractivity contribution >= 4 is 5.97 Å². The molecule has 3 heteroatoms. The monoisotopic (exact) mass is 194 g/mol. The summed E-state index contributed by atoms with van der Waals surface area (Å²) in [6, 6.07) is 5.00. The topological polar surface area (TPSA) is 57.5 Å². The summed E-state index contributed by atoms with van der Waals surface area (Å²) in [6.07, 6.45) is 0. The predicted molar refractivity (Wildman–Crippen MR) is 53.5 cm³/mol. The molecule has 0 saturated heterocycles. The van der Waals surface area contributed by atoms with Gasteiger partial charge in [-0.2, -0.15) is 0 Å². The van der Waals surface area contributed by atoms with Gasteiger partial charge in [0.15, 0.2) is 0 Å². The molecule has 76 valence electrons. The van der Waals surface area contributed by atoms with Gasteiger partial charge in [0, 0.05) is 5.56 Å². The second-order valence-electron chi connectivity index (χ2n) is 3.90. The zero-order valence-corrected chi connectivity index (χ0v) is 8.53. The Kier molecular flexibility index (Phi) is 2.51. The van der Waals surface area contributed by atoms with E-state index in [1.165, 1.54) is 6.07 Å². The van der Waals surface area contributed by atoms with Crippen LogP contribution in [0.4, 0.5) is 0 Å². The van der Waals surface area contributed by atoms with E-state index in [1.54, 1.807) is 32.9 Å². The molecule has 0 heterocycles. The molecule has 3 nitrogen and oxygen atoms in total. The number of aryl methyl sites for hydroxylation is 1. The number of phenols is 1. The number of hydrogen-bond donors (Lipinski definition) is 2. The van der Waals surface area contributed by atoms with E-state index in [0.29, 0.717) is 5.56 Å². The highest BCUT2D eigenvalue weighted by Gasteiger charge is 2.33. The van der Waals surface area contributed by atoms with E-state index in [0.717, 1.165) is 5.56 Å². The molecule has 0 radical (unpaired) electrons. The number of benzene rings is 1. The van der Waals surface area contributed by atoms with Gasteiger partial charge in [0.05, 0.1) is 5.41 Å². The van der Waals surface area contributed by atoms with Crippen molar-refractivity contribution < 1.29 is 15.0 Å². The number of rotatable bonds is 2. The lowest BCUT2D eigenvalue weighted by Gasteiger charge is -2.22. The first kappa shape index (κ1) is 10.6. The third-order valence-electron chi connectivity index (χ3n) is 2.41. The van der Waals surface area contributed by atoms with Crippen LogP contribution >= 0.6 is 0 Å². The Hall–Kier alpha value is -1.51. The van der Waals surface area contributed by atoms with Crippen molar-refractivity contribution in [3.63, 3.8) is 0 Å². The second-order valence-corrected chi connectivity index (χ2v) is 3.90. The van der Waals surface area contributed by atoms with Crippen LogP contribution in [0, 0.1) is 6.92 Å². The van der Waals surface area contributed by atoms with Gasteiger partial charge in [0.1, 0.15) is 5.75 Å². The van der Waals surface area contributed by atoms with Crippen LogP contribution < -0.4 is 0 Å². The van der Waals surface area contributed by atoms with Crippen LogP contribution in [0.15, 0.2) is 18.2 Å². The fourth-order valence-electron chi connectivity index (χ4n) is 1.57. The van der Waals surface area contributed by atoms with Crippen molar-refractivity contribution in [1.29, 1.82) is 0 Å². The van der Waals surface area contributed by atoms with E-state index < -0.39 is 11.4 Å². The van der Waals surface area contributed by atoms with Crippen molar-refractivity contribution in [3.8, 4) is 5.75 Å². The van der Waals surface area contributed by atoms with Gasteiger partial charge in [-0.15, -0.1) is 0 Å². The predicted octanol–water partition coefficient (Wildman–Crippen LogP) is 2.06. The van der Waals surface area contributed by atoms with Gasteiger partial charge in [-0.3, -0.25) is 4.79 Å². The average molecular weight is 194 g/mol. The molecule has 0 bridgehead atoms. The lowest BCUT2D eigenvalue weighted by atomic mass is 9.81. The van der Waals surface area contributed by atoms with Crippen molar-refractivity contribution in [2.75, 3.05) is 0 Å². The molecule has 0 amide bonds. The third kappa shape index (κ3) is 1.58. The van der Waals surface area contributed by atoms with Crippen LogP contribution in [0.1, 0.15) is 25.0 Å². The summed E-state index contributed by atoms with van der Waals surface area (Å²) in [6.45, 7) is 4.95. The van der Waals surface area contributed by atoms with Gasteiger partial charge < -0.3 is 10.2 Å². The fraction of sp³-hybridized carbons (Fsp3) is 0.364. The van der Waals surface area contributed by atoms with Crippen LogP contribution in [0.3, 0.4) is 0 Å². The fourth-order valence-corrected chi connectivity index (χ4v) is 1.57. The molecule has 2 N–H and O–H groups in total. The second kappa shape index (κ2) is 3.33. The van der Waals surface area contributed by atoms with Gasteiger partial charge in [-0.1, -0.05) is 12.1 Å². The van der Waals surface area contributed by atoms with E-state index in [9.17, 15) is 9.90 Å². The maximum absolute atomic E-state index is 11.0. The first-order chi connectivity index (χ1) is 6.37. The van der Waals surface area contributed by atoms with E-state index in [2.05, 4.69) is 0 Å². The van der Waals surface area contributed by atoms with Crippen LogP contribution in [-0.4, -0.2) is 16.2 Å². The summed E-state index contributed by atoms with van der Waals surface area (Å²) in [5, 5.41) is 18.6. The number of phenolic OH excluding ortho intramolecular Hbond substituents is 1. The summed E-state index contributed by atoms with van der Waals surface area (Å²) in [7, 11) is 0. The molecule has 0 saturated carbocycles. The molecule has 0 unspecified atom stereocenters. The van der Waals surface area contributed by atoms with Crippen LogP contribution in [-0.2, 0) is 10.2 Å². The molecule has 0 aliphatic carbocycles. The standard InChI is InChI=1S/C11H14O3/c1-7-5-4-6-8(12)9(7)11(2,3)10(13)14/h4-6,12H,1-3H3,(H,13,14). The number of aliphatic carboxylic acids is 1. The van der Waals surface area contributed by atoms with Gasteiger partial charge in [-0.05, 0) is 32.4 Å². The van der Waals surface area contributed by atoms with E-state index in [4.69, 9.17) is 5.11 Å². The van der Waals surface area contributed by atoms with Crippen LogP contribution in [0.5, 0.6) is 5.75 Å². The Labute approximate surface area is 83.0 Å². The van der Waals surface area contributed by atoms with Gasteiger partial charge in [-0.25, -0.2) is 0 Å². The number of carboxylic acids is 1. The molecular formula is C11H14O3. The minimum Gasteiger partial charge on any atom is -0.508 e. The molecule has 14 heavy (non-hydrogen) atoms. The Bertz CT molecular complexity index is 347. The lowest BCUT2D eigenvalue weighted by Crippen LogP contribution is -2.29. The first-order valence-electron chi connectivity index (χ1n) is 4.40. The molecular weight excluding hydrogens is 180 g/mol. The first-order valence-corrected chi connectivity index (χ1v) is 4.40. The number of carboxylic acid groups (broad SMARTS) is 1. The normalized spacial score (nSPS) is 11.4. The summed E-state index contributed by atoms with van der Waals surface area (Å²) >= 11 is 0. The molecule has 0 fully saturated rings. The highest BCUT2D eigenvalue weighted by atomic mass is 16.4. The Morgan fingerprint density at radius 1 is 1.36 bits per heavy atom. The smallest absolute Gasteiger partial charge is 0.313 e. The summed E-state index contributed by atoms with van der Waals surface area (Å²) in [5.41, 5.74) is 0.208. The molecule has 0 aliphatic heterocycles. The molecule has 0 aromatic heterocycles. The minimum absolute atomic E-state index is 0.0393. The van der Waals surface area contributed by atoms with E-state index in [-0.39, 0.29) is 5.75 Å². The number of hydrogen-bond acceptors (Lipinski definition) is 2. The quantitative estimate of drug-likeness (QED) is 0.757. The zero-order valence-electron chi connectivity index (χ0n) is 8.53. The maximum atomic E-state index is 11.0. The number of carbonyl (C=O) groups is 1. The van der Waals surface area contributed by atoms with Gasteiger partial charge in [0.25, 0.3) is 0 Å². The Morgan fingerprint density at radius 2 is 1.93 bits per heavy atom. The van der Waals surface area contributed by atoms with E-state index >= 15 is 0 Å². The van der Waals surface area contributed by atoms with Crippen LogP contribution in [0.2, 0.25) is 0 Å². The van der Waals surface area contributed by atoms with E-state index in [1.807, 2.05) is 0 Å². The molecule has 0 aliphatic rings. The molecule has 0 spiro atoms. The Morgan fingerprint density at radius 3 is 2.36 bits per heavy atom. The summed E-state index contributed by atoms with van der Waals surface area (Å²) < 4.78 is 0. The molecule has 0 atom stereocenters. The summed E-state index contributed by atoms with van der Waals surface area (Å²) in [4.78, 5) is 11.0. The van der Waals surface area contributed by atoms with Gasteiger partial charge >= 0.3 is 5.97 Å². The largest absolute Gasteiger partial charge is 0.508 e. The van der Waals surface area contributed by atoms with Gasteiger partial charge in [0.2, 0.25) is 0 Å². The SMILES string of the molecule is Cc1cccc(O)c1C(C)(C)C(=O)O. The Balaban J connectivity index is 3.38. The highest BCUT2D eigenvalue weighted by molar-refractivity contribution is 5.82. The van der Waals surface area contributed by atoms with Crippen LogP contribution in [0.25, 0.3) is 0 Å². The maximum Gasteiger partial charge on any atom is 0.313 e.